The van der Waals surface area contributed by atoms with Gasteiger partial charge in [-0.3, -0.25) is 9.78 Å². The monoisotopic (exact) mass is 427 g/mol. The average molecular weight is 428 g/mol. The molecule has 0 aliphatic heterocycles. The summed E-state index contributed by atoms with van der Waals surface area (Å²) in [6.07, 6.45) is 6.19. The molecule has 2 N–H and O–H groups in total. The van der Waals surface area contributed by atoms with Crippen molar-refractivity contribution in [2.75, 3.05) is 5.32 Å². The van der Waals surface area contributed by atoms with Crippen molar-refractivity contribution in [2.24, 2.45) is 5.92 Å². The number of carboxylic acids is 1. The van der Waals surface area contributed by atoms with E-state index < -0.39 is 5.97 Å². The van der Waals surface area contributed by atoms with Crippen molar-refractivity contribution in [2.45, 2.75) is 38.0 Å². The van der Waals surface area contributed by atoms with Gasteiger partial charge < -0.3 is 14.8 Å². The third kappa shape index (κ3) is 4.49. The Morgan fingerprint density at radius 3 is 2.47 bits per heavy atom. The summed E-state index contributed by atoms with van der Waals surface area (Å²) in [5.41, 5.74) is 5.68. The van der Waals surface area contributed by atoms with Gasteiger partial charge in [0, 0.05) is 12.0 Å². The normalized spacial score (nSPS) is 18.5. The SMILES string of the molecule is O=C(O)C[C@H]1CC[C@H](c2ccc(-c3ccc(Nc4nc5ccccc5o4)cn3)cc2)CC1. The summed E-state index contributed by atoms with van der Waals surface area (Å²) in [5.74, 6) is 0.166. The Morgan fingerprint density at radius 2 is 1.78 bits per heavy atom. The first-order valence-electron chi connectivity index (χ1n) is 11.0. The number of rotatable bonds is 6. The molecule has 162 valence electrons. The van der Waals surface area contributed by atoms with Gasteiger partial charge >= 0.3 is 5.97 Å². The van der Waals surface area contributed by atoms with Gasteiger partial charge in [0.1, 0.15) is 5.52 Å². The number of hydrogen-bond donors (Lipinski definition) is 2. The van der Waals surface area contributed by atoms with E-state index >= 15 is 0 Å². The number of nitrogens with one attached hydrogen (secondary N) is 1. The summed E-state index contributed by atoms with van der Waals surface area (Å²) in [4.78, 5) is 19.9. The number of anilines is 2. The molecule has 0 spiro atoms. The molecule has 1 aliphatic carbocycles. The largest absolute Gasteiger partial charge is 0.481 e. The fraction of sp³-hybridized carbons (Fsp3) is 0.269. The van der Waals surface area contributed by atoms with Crippen LogP contribution < -0.4 is 5.32 Å². The van der Waals surface area contributed by atoms with Crippen LogP contribution in [0.3, 0.4) is 0 Å². The predicted molar refractivity (Wildman–Crippen MR) is 124 cm³/mol. The van der Waals surface area contributed by atoms with Gasteiger partial charge in [0.05, 0.1) is 17.6 Å². The minimum Gasteiger partial charge on any atom is -0.481 e. The van der Waals surface area contributed by atoms with Crippen LogP contribution in [-0.4, -0.2) is 21.0 Å². The van der Waals surface area contributed by atoms with Gasteiger partial charge in [-0.15, -0.1) is 0 Å². The number of aromatic nitrogens is 2. The summed E-state index contributed by atoms with van der Waals surface area (Å²) >= 11 is 0. The molecule has 4 aromatic rings. The molecule has 0 unspecified atom stereocenters. The van der Waals surface area contributed by atoms with Crippen molar-refractivity contribution in [1.29, 1.82) is 0 Å². The van der Waals surface area contributed by atoms with Crippen LogP contribution in [0.2, 0.25) is 0 Å². The first-order chi connectivity index (χ1) is 15.6. The zero-order valence-corrected chi connectivity index (χ0v) is 17.7. The molecule has 0 radical (unpaired) electrons. The number of nitrogens with zero attached hydrogens (tertiary/aromatic N) is 2. The molecule has 2 heterocycles. The highest BCUT2D eigenvalue weighted by atomic mass is 16.4. The number of aliphatic carboxylic acids is 1. The summed E-state index contributed by atoms with van der Waals surface area (Å²) in [6, 6.07) is 20.7. The number of pyridine rings is 1. The van der Waals surface area contributed by atoms with E-state index in [1.807, 2.05) is 36.4 Å². The molecule has 32 heavy (non-hydrogen) atoms. The number of fused-ring (bicyclic) bond motifs is 1. The minimum absolute atomic E-state index is 0.300. The second-order valence-electron chi connectivity index (χ2n) is 8.48. The van der Waals surface area contributed by atoms with E-state index in [9.17, 15) is 4.79 Å². The summed E-state index contributed by atoms with van der Waals surface area (Å²) < 4.78 is 5.70. The van der Waals surface area contributed by atoms with Crippen LogP contribution in [0.1, 0.15) is 43.6 Å². The summed E-state index contributed by atoms with van der Waals surface area (Å²) in [5, 5.41) is 12.2. The second-order valence-corrected chi connectivity index (χ2v) is 8.48. The van der Waals surface area contributed by atoms with E-state index in [-0.39, 0.29) is 0 Å². The molecule has 0 atom stereocenters. The van der Waals surface area contributed by atoms with Crippen molar-refractivity contribution < 1.29 is 14.3 Å². The lowest BCUT2D eigenvalue weighted by Gasteiger charge is -2.28. The van der Waals surface area contributed by atoms with E-state index in [4.69, 9.17) is 9.52 Å². The zero-order valence-electron chi connectivity index (χ0n) is 17.7. The molecule has 2 aromatic carbocycles. The van der Waals surface area contributed by atoms with E-state index in [0.717, 1.165) is 53.7 Å². The van der Waals surface area contributed by atoms with Gasteiger partial charge in [-0.1, -0.05) is 36.4 Å². The Balaban J connectivity index is 1.22. The maximum atomic E-state index is 10.9. The van der Waals surface area contributed by atoms with Crippen molar-refractivity contribution in [3.05, 3.63) is 72.4 Å². The number of para-hydroxylation sites is 2. The smallest absolute Gasteiger partial charge is 0.303 e. The molecule has 1 aliphatic rings. The molecular weight excluding hydrogens is 402 g/mol. The first kappa shape index (κ1) is 20.2. The fourth-order valence-electron chi connectivity index (χ4n) is 4.56. The van der Waals surface area contributed by atoms with Gasteiger partial charge in [0.2, 0.25) is 0 Å². The van der Waals surface area contributed by atoms with Gasteiger partial charge in [-0.05, 0) is 67.3 Å². The van der Waals surface area contributed by atoms with E-state index in [1.54, 1.807) is 6.20 Å². The topological polar surface area (TPSA) is 88.2 Å². The number of carbonyl (C=O) groups is 1. The van der Waals surface area contributed by atoms with Crippen molar-refractivity contribution >= 4 is 28.8 Å². The van der Waals surface area contributed by atoms with E-state index in [0.29, 0.717) is 24.3 Å². The molecule has 1 fully saturated rings. The lowest BCUT2D eigenvalue weighted by molar-refractivity contribution is -0.138. The summed E-state index contributed by atoms with van der Waals surface area (Å²) in [7, 11) is 0. The molecule has 6 nitrogen and oxygen atoms in total. The minimum atomic E-state index is -0.680. The van der Waals surface area contributed by atoms with Crippen LogP contribution in [0.15, 0.2) is 71.3 Å². The van der Waals surface area contributed by atoms with Crippen LogP contribution in [0.5, 0.6) is 0 Å². The first-order valence-corrected chi connectivity index (χ1v) is 11.0. The van der Waals surface area contributed by atoms with Gasteiger partial charge in [-0.25, -0.2) is 0 Å². The lowest BCUT2D eigenvalue weighted by Crippen LogP contribution is -2.16. The second kappa shape index (κ2) is 8.83. The van der Waals surface area contributed by atoms with Crippen LogP contribution in [0.4, 0.5) is 11.7 Å². The van der Waals surface area contributed by atoms with Crippen molar-refractivity contribution in [3.63, 3.8) is 0 Å². The Labute approximate surface area is 186 Å². The zero-order chi connectivity index (χ0) is 21.9. The number of oxazole rings is 1. The third-order valence-corrected chi connectivity index (χ3v) is 6.30. The highest BCUT2D eigenvalue weighted by Gasteiger charge is 2.24. The Hall–Kier alpha value is -3.67. The van der Waals surface area contributed by atoms with Crippen LogP contribution in [-0.2, 0) is 4.79 Å². The van der Waals surface area contributed by atoms with Gasteiger partial charge in [0.25, 0.3) is 6.01 Å². The number of carboxylic acid groups (broad SMARTS) is 1. The molecule has 0 bridgehead atoms. The quantitative estimate of drug-likeness (QED) is 0.371. The van der Waals surface area contributed by atoms with Gasteiger partial charge in [-0.2, -0.15) is 4.98 Å². The standard InChI is InChI=1S/C26H25N3O3/c30-25(31)15-17-5-7-18(8-6-17)19-9-11-20(12-10-19)22-14-13-21(16-27-22)28-26-29-23-3-1-2-4-24(23)32-26/h1-4,9-14,16-18H,5-8,15H2,(H,28,29)(H,30,31)/t17-,18-. The highest BCUT2D eigenvalue weighted by molar-refractivity contribution is 5.75. The van der Waals surface area contributed by atoms with E-state index in [1.165, 1.54) is 5.56 Å². The Kier molecular flexibility index (Phi) is 5.58. The highest BCUT2D eigenvalue weighted by Crippen LogP contribution is 2.37. The van der Waals surface area contributed by atoms with Crippen LogP contribution in [0, 0.1) is 5.92 Å². The van der Waals surface area contributed by atoms with Crippen molar-refractivity contribution in [1.82, 2.24) is 9.97 Å². The Bertz CT molecular complexity index is 1170. The Morgan fingerprint density at radius 1 is 1.00 bits per heavy atom. The molecule has 1 saturated carbocycles. The molecule has 0 amide bonds. The molecule has 2 aromatic heterocycles. The number of hydrogen-bond acceptors (Lipinski definition) is 5. The van der Waals surface area contributed by atoms with Gasteiger partial charge in [0.15, 0.2) is 5.58 Å². The van der Waals surface area contributed by atoms with Crippen LogP contribution in [0.25, 0.3) is 22.4 Å². The molecular formula is C26H25N3O3. The number of benzene rings is 2. The average Bonchev–Trinajstić information content (AvgIpc) is 3.22. The fourth-order valence-corrected chi connectivity index (χ4v) is 4.56. The maximum Gasteiger partial charge on any atom is 0.303 e. The van der Waals surface area contributed by atoms with E-state index in [2.05, 4.69) is 39.6 Å². The molecule has 5 rings (SSSR count). The third-order valence-electron chi connectivity index (χ3n) is 6.30. The summed E-state index contributed by atoms with van der Waals surface area (Å²) in [6.45, 7) is 0. The molecule has 0 saturated heterocycles. The molecule has 6 heteroatoms. The predicted octanol–water partition coefficient (Wildman–Crippen LogP) is 6.38. The maximum absolute atomic E-state index is 10.9. The lowest BCUT2D eigenvalue weighted by atomic mass is 9.77. The van der Waals surface area contributed by atoms with Crippen molar-refractivity contribution in [3.8, 4) is 11.3 Å². The van der Waals surface area contributed by atoms with Crippen LogP contribution >= 0.6 is 0 Å².